The number of pyridine rings is 1. The van der Waals surface area contributed by atoms with Crippen molar-refractivity contribution in [3.63, 3.8) is 0 Å². The lowest BCUT2D eigenvalue weighted by Gasteiger charge is -2.26. The number of nitrogens with zero attached hydrogens (tertiary/aromatic N) is 5. The largest absolute Gasteiger partial charge is 0.396 e. The summed E-state index contributed by atoms with van der Waals surface area (Å²) in [6, 6.07) is 3.46. The number of hydrogen-bond acceptors (Lipinski definition) is 7. The Morgan fingerprint density at radius 1 is 1.38 bits per heavy atom. The maximum atomic E-state index is 13.2. The number of aromatic nitrogens is 3. The van der Waals surface area contributed by atoms with Crippen LogP contribution in [0.3, 0.4) is 0 Å². The Morgan fingerprint density at radius 2 is 2.14 bits per heavy atom. The quantitative estimate of drug-likeness (QED) is 0.335. The predicted molar refractivity (Wildman–Crippen MR) is 113 cm³/mol. The molecule has 0 unspecified atom stereocenters. The lowest BCUT2D eigenvalue weighted by Crippen LogP contribution is -2.43. The molecule has 0 aromatic carbocycles. The van der Waals surface area contributed by atoms with Gasteiger partial charge in [-0.15, -0.1) is 0 Å². The van der Waals surface area contributed by atoms with Gasteiger partial charge in [-0.25, -0.2) is 9.79 Å². The summed E-state index contributed by atoms with van der Waals surface area (Å²) in [5, 5.41) is 9.62. The van der Waals surface area contributed by atoms with Crippen molar-refractivity contribution in [3.05, 3.63) is 49.9 Å². The van der Waals surface area contributed by atoms with Crippen LogP contribution in [0.1, 0.15) is 25.5 Å². The van der Waals surface area contributed by atoms with Crippen LogP contribution in [0, 0.1) is 0 Å². The van der Waals surface area contributed by atoms with E-state index in [9.17, 15) is 9.59 Å². The fourth-order valence-corrected chi connectivity index (χ4v) is 2.94. The van der Waals surface area contributed by atoms with Gasteiger partial charge in [0.05, 0.1) is 17.3 Å². The van der Waals surface area contributed by atoms with Crippen LogP contribution in [-0.2, 0) is 24.9 Å². The molecule has 10 heteroatoms. The lowest BCUT2D eigenvalue weighted by atomic mass is 10.3. The van der Waals surface area contributed by atoms with Gasteiger partial charge in [0.1, 0.15) is 12.4 Å². The third-order valence-electron chi connectivity index (χ3n) is 4.24. The Hall–Kier alpha value is -2.49. The molecule has 2 aromatic heterocycles. The zero-order valence-corrected chi connectivity index (χ0v) is 17.4. The Balaban J connectivity index is 2.58. The number of halogens is 1. The molecule has 1 N–H and O–H groups in total. The highest BCUT2D eigenvalue weighted by molar-refractivity contribution is 6.30. The predicted octanol–water partition coefficient (Wildman–Crippen LogP) is 1.70. The third kappa shape index (κ3) is 5.53. The van der Waals surface area contributed by atoms with E-state index < -0.39 is 11.2 Å². The zero-order chi connectivity index (χ0) is 21.4. The van der Waals surface area contributed by atoms with E-state index in [1.807, 2.05) is 6.92 Å². The van der Waals surface area contributed by atoms with Crippen LogP contribution in [-0.4, -0.2) is 45.9 Å². The standard InChI is InChI=1S/C19H26ClN5O4/c1-4-10-29-13-24(12-15-7-6-14(20)11-22-15)16-17(21-2)23(3)19(28)25(18(16)27)8-5-9-26/h6-7,11,26H,2,4-5,8-10,12-13H2,1,3H3. The molecule has 0 amide bonds. The number of anilines is 1. The number of hydrogen-bond donors (Lipinski definition) is 1. The fraction of sp³-hybridized carbons (Fsp3) is 0.474. The average Bonchev–Trinajstić information content (AvgIpc) is 2.71. The highest BCUT2D eigenvalue weighted by atomic mass is 35.5. The number of aliphatic hydroxyl groups is 1. The summed E-state index contributed by atoms with van der Waals surface area (Å²) in [7, 11) is 1.52. The molecular formula is C19H26ClN5O4. The molecule has 2 rings (SSSR count). The lowest BCUT2D eigenvalue weighted by molar-refractivity contribution is 0.133. The minimum atomic E-state index is -0.520. The molecule has 0 saturated heterocycles. The van der Waals surface area contributed by atoms with E-state index in [1.54, 1.807) is 17.0 Å². The van der Waals surface area contributed by atoms with Gasteiger partial charge >= 0.3 is 5.69 Å². The van der Waals surface area contributed by atoms with Crippen molar-refractivity contribution < 1.29 is 9.84 Å². The number of aliphatic imine (C=N–C) groups is 1. The molecule has 0 bridgehead atoms. The smallest absolute Gasteiger partial charge is 0.332 e. The van der Waals surface area contributed by atoms with Crippen LogP contribution >= 0.6 is 11.6 Å². The monoisotopic (exact) mass is 423 g/mol. The maximum Gasteiger partial charge on any atom is 0.332 e. The van der Waals surface area contributed by atoms with Gasteiger partial charge in [-0.3, -0.25) is 18.9 Å². The first-order valence-electron chi connectivity index (χ1n) is 9.29. The molecule has 0 aliphatic heterocycles. The molecule has 0 aliphatic rings. The molecule has 2 heterocycles. The van der Waals surface area contributed by atoms with E-state index in [1.165, 1.54) is 17.8 Å². The van der Waals surface area contributed by atoms with E-state index >= 15 is 0 Å². The fourth-order valence-electron chi connectivity index (χ4n) is 2.83. The van der Waals surface area contributed by atoms with E-state index in [4.69, 9.17) is 21.4 Å². The molecule has 9 nitrogen and oxygen atoms in total. The van der Waals surface area contributed by atoms with Crippen LogP contribution in [0.2, 0.25) is 5.02 Å². The second-order valence-electron chi connectivity index (χ2n) is 6.41. The van der Waals surface area contributed by atoms with Crippen molar-refractivity contribution in [2.24, 2.45) is 12.0 Å². The number of rotatable bonds is 11. The van der Waals surface area contributed by atoms with Crippen molar-refractivity contribution in [1.82, 2.24) is 14.1 Å². The second kappa shape index (κ2) is 10.9. The van der Waals surface area contributed by atoms with Crippen molar-refractivity contribution >= 4 is 29.8 Å². The summed E-state index contributed by atoms with van der Waals surface area (Å²) < 4.78 is 8.03. The molecule has 0 fully saturated rings. The molecule has 158 valence electrons. The highest BCUT2D eigenvalue weighted by Gasteiger charge is 2.22. The van der Waals surface area contributed by atoms with Gasteiger partial charge < -0.3 is 14.7 Å². The summed E-state index contributed by atoms with van der Waals surface area (Å²) >= 11 is 5.91. The van der Waals surface area contributed by atoms with Gasteiger partial charge in [0.15, 0.2) is 5.82 Å². The van der Waals surface area contributed by atoms with E-state index in [0.717, 1.165) is 11.0 Å². The first kappa shape index (κ1) is 22.8. The topological polar surface area (TPSA) is 102 Å². The summed E-state index contributed by atoms with van der Waals surface area (Å²) in [6.07, 6.45) is 2.61. The molecule has 0 spiro atoms. The Labute approximate surface area is 173 Å². The molecule has 0 aliphatic carbocycles. The van der Waals surface area contributed by atoms with Gasteiger partial charge in [-0.05, 0) is 31.7 Å². The van der Waals surface area contributed by atoms with Gasteiger partial charge in [0.25, 0.3) is 5.56 Å². The molecule has 2 aromatic rings. The van der Waals surface area contributed by atoms with Crippen molar-refractivity contribution in [3.8, 4) is 0 Å². The minimum Gasteiger partial charge on any atom is -0.396 e. The molecule has 0 radical (unpaired) electrons. The molecular weight excluding hydrogens is 398 g/mol. The summed E-state index contributed by atoms with van der Waals surface area (Å²) in [4.78, 5) is 35.7. The summed E-state index contributed by atoms with van der Waals surface area (Å²) in [6.45, 7) is 6.32. The van der Waals surface area contributed by atoms with Crippen LogP contribution in [0.5, 0.6) is 0 Å². The maximum absolute atomic E-state index is 13.2. The third-order valence-corrected chi connectivity index (χ3v) is 4.46. The van der Waals surface area contributed by atoms with Crippen molar-refractivity contribution in [1.29, 1.82) is 0 Å². The van der Waals surface area contributed by atoms with Crippen molar-refractivity contribution in [2.45, 2.75) is 32.9 Å². The Bertz CT molecular complexity index is 939. The summed E-state index contributed by atoms with van der Waals surface area (Å²) in [5.74, 6) is 0.148. The van der Waals surface area contributed by atoms with Gasteiger partial charge in [-0.1, -0.05) is 18.5 Å². The zero-order valence-electron chi connectivity index (χ0n) is 16.7. The van der Waals surface area contributed by atoms with Gasteiger partial charge in [-0.2, -0.15) is 0 Å². The van der Waals surface area contributed by atoms with Crippen LogP contribution < -0.4 is 16.1 Å². The van der Waals surface area contributed by atoms with E-state index in [0.29, 0.717) is 17.3 Å². The highest BCUT2D eigenvalue weighted by Crippen LogP contribution is 2.24. The Kier molecular flexibility index (Phi) is 8.56. The van der Waals surface area contributed by atoms with Crippen LogP contribution in [0.25, 0.3) is 0 Å². The first-order chi connectivity index (χ1) is 13.9. The first-order valence-corrected chi connectivity index (χ1v) is 9.66. The average molecular weight is 424 g/mol. The van der Waals surface area contributed by atoms with E-state index in [2.05, 4.69) is 16.7 Å². The van der Waals surface area contributed by atoms with Gasteiger partial charge in [0, 0.05) is 33.0 Å². The van der Waals surface area contributed by atoms with Gasteiger partial charge in [0.2, 0.25) is 0 Å². The summed E-state index contributed by atoms with van der Waals surface area (Å²) in [5.41, 5.74) is -0.181. The normalized spacial score (nSPS) is 10.9. The van der Waals surface area contributed by atoms with E-state index in [-0.39, 0.29) is 44.4 Å². The number of ether oxygens (including phenoxy) is 1. The second-order valence-corrected chi connectivity index (χ2v) is 6.85. The molecule has 0 saturated carbocycles. The molecule has 0 atom stereocenters. The molecule has 29 heavy (non-hydrogen) atoms. The minimum absolute atomic E-state index is 0.0925. The SMILES string of the molecule is C=Nc1c(N(COCCC)Cc2ccc(Cl)cn2)c(=O)n(CCCO)c(=O)n1C. The van der Waals surface area contributed by atoms with Crippen molar-refractivity contribution in [2.75, 3.05) is 24.8 Å². The van der Waals surface area contributed by atoms with Crippen LogP contribution in [0.4, 0.5) is 11.5 Å². The van der Waals surface area contributed by atoms with Crippen LogP contribution in [0.15, 0.2) is 32.9 Å². The Morgan fingerprint density at radius 3 is 2.72 bits per heavy atom. The number of aliphatic hydroxyl groups excluding tert-OH is 1.